The average molecular weight is 395 g/mol. The highest BCUT2D eigenvalue weighted by Gasteiger charge is 2.26. The number of furan rings is 1. The Morgan fingerprint density at radius 3 is 2.58 bits per heavy atom. The third-order valence-corrected chi connectivity index (χ3v) is 4.47. The first-order valence-corrected chi connectivity index (χ1v) is 8.42. The Morgan fingerprint density at radius 2 is 1.96 bits per heavy atom. The zero-order chi connectivity index (χ0) is 17.1. The second-order valence-electron chi connectivity index (χ2n) is 5.66. The van der Waals surface area contributed by atoms with E-state index in [9.17, 15) is 14.0 Å². The summed E-state index contributed by atoms with van der Waals surface area (Å²) in [5.41, 5.74) is 0.537. The van der Waals surface area contributed by atoms with Crippen LogP contribution in [-0.4, -0.2) is 35.8 Å². The Bertz CT molecular complexity index is 754. The van der Waals surface area contributed by atoms with Crippen LogP contribution in [0.2, 0.25) is 0 Å². The molecule has 1 aliphatic heterocycles. The van der Waals surface area contributed by atoms with Crippen LogP contribution in [0.5, 0.6) is 0 Å². The third-order valence-electron chi connectivity index (χ3n) is 4.05. The van der Waals surface area contributed by atoms with Gasteiger partial charge in [0.15, 0.2) is 4.67 Å². The Labute approximate surface area is 146 Å². The summed E-state index contributed by atoms with van der Waals surface area (Å²) in [7, 11) is 0. The summed E-state index contributed by atoms with van der Waals surface area (Å²) >= 11 is 3.16. The average Bonchev–Trinajstić information content (AvgIpc) is 3.02. The molecule has 1 aliphatic rings. The molecule has 0 aliphatic carbocycles. The predicted octanol–water partition coefficient (Wildman–Crippen LogP) is 3.22. The molecule has 126 valence electrons. The third kappa shape index (κ3) is 3.67. The van der Waals surface area contributed by atoms with E-state index >= 15 is 0 Å². The van der Waals surface area contributed by atoms with E-state index in [2.05, 4.69) is 21.2 Å². The number of likely N-dealkylation sites (tertiary alicyclic amines) is 1. The molecule has 1 N–H and O–H groups in total. The highest BCUT2D eigenvalue weighted by Crippen LogP contribution is 2.18. The minimum absolute atomic E-state index is 0.0177. The second kappa shape index (κ2) is 7.17. The van der Waals surface area contributed by atoms with Gasteiger partial charge in [0.1, 0.15) is 12.1 Å². The van der Waals surface area contributed by atoms with E-state index in [1.54, 1.807) is 23.1 Å². The molecule has 2 heterocycles. The van der Waals surface area contributed by atoms with Crippen LogP contribution in [-0.2, 0) is 0 Å². The van der Waals surface area contributed by atoms with Gasteiger partial charge < -0.3 is 14.6 Å². The second-order valence-corrected chi connectivity index (χ2v) is 6.44. The van der Waals surface area contributed by atoms with E-state index < -0.39 is 5.82 Å². The molecular formula is C17H16BrFN2O3. The Balaban J connectivity index is 1.55. The van der Waals surface area contributed by atoms with Crippen molar-refractivity contribution in [1.29, 1.82) is 0 Å². The van der Waals surface area contributed by atoms with E-state index in [0.717, 1.165) is 0 Å². The largest absolute Gasteiger partial charge is 0.457 e. The van der Waals surface area contributed by atoms with Crippen LogP contribution in [0.4, 0.5) is 4.39 Å². The zero-order valence-corrected chi connectivity index (χ0v) is 14.4. The molecule has 0 saturated carbocycles. The van der Waals surface area contributed by atoms with Gasteiger partial charge in [0.05, 0.1) is 11.1 Å². The van der Waals surface area contributed by atoms with Crippen molar-refractivity contribution in [3.63, 3.8) is 0 Å². The van der Waals surface area contributed by atoms with Gasteiger partial charge in [-0.2, -0.15) is 0 Å². The van der Waals surface area contributed by atoms with Crippen molar-refractivity contribution in [3.8, 4) is 0 Å². The number of benzene rings is 1. The quantitative estimate of drug-likeness (QED) is 0.868. The van der Waals surface area contributed by atoms with Gasteiger partial charge in [0, 0.05) is 25.2 Å². The molecule has 0 radical (unpaired) electrons. The summed E-state index contributed by atoms with van der Waals surface area (Å²) in [6, 6.07) is 7.56. The van der Waals surface area contributed by atoms with Gasteiger partial charge in [0.2, 0.25) is 0 Å². The highest BCUT2D eigenvalue weighted by molar-refractivity contribution is 9.10. The number of halogens is 2. The summed E-state index contributed by atoms with van der Waals surface area (Å²) < 4.78 is 19.3. The lowest BCUT2D eigenvalue weighted by Crippen LogP contribution is -2.46. The minimum atomic E-state index is -0.511. The van der Waals surface area contributed by atoms with E-state index in [0.29, 0.717) is 36.2 Å². The van der Waals surface area contributed by atoms with Crippen LogP contribution < -0.4 is 5.32 Å². The molecule has 1 fully saturated rings. The highest BCUT2D eigenvalue weighted by atomic mass is 79.9. The minimum Gasteiger partial charge on any atom is -0.457 e. The lowest BCUT2D eigenvalue weighted by atomic mass is 10.0. The van der Waals surface area contributed by atoms with E-state index in [-0.39, 0.29) is 23.4 Å². The molecule has 0 bridgehead atoms. The molecule has 1 aromatic carbocycles. The number of rotatable bonds is 3. The molecular weight excluding hydrogens is 379 g/mol. The molecule has 1 saturated heterocycles. The number of carbonyl (C=O) groups excluding carboxylic acids is 2. The Morgan fingerprint density at radius 1 is 1.25 bits per heavy atom. The molecule has 5 nitrogen and oxygen atoms in total. The SMILES string of the molecule is O=C(NC1CCN(C(=O)c2ccccc2F)CC1)c1coc(Br)c1. The van der Waals surface area contributed by atoms with Crippen LogP contribution in [0.1, 0.15) is 33.6 Å². The summed E-state index contributed by atoms with van der Waals surface area (Å²) in [5, 5.41) is 2.93. The number of amides is 2. The van der Waals surface area contributed by atoms with Crippen molar-refractivity contribution in [2.24, 2.45) is 0 Å². The van der Waals surface area contributed by atoms with Gasteiger partial charge in [0.25, 0.3) is 11.8 Å². The van der Waals surface area contributed by atoms with Gasteiger partial charge in [-0.25, -0.2) is 4.39 Å². The maximum Gasteiger partial charge on any atom is 0.256 e. The maximum absolute atomic E-state index is 13.7. The number of carbonyl (C=O) groups is 2. The monoisotopic (exact) mass is 394 g/mol. The van der Waals surface area contributed by atoms with Crippen LogP contribution in [0.15, 0.2) is 45.7 Å². The van der Waals surface area contributed by atoms with Crippen LogP contribution in [0.3, 0.4) is 0 Å². The number of hydrogen-bond donors (Lipinski definition) is 1. The van der Waals surface area contributed by atoms with E-state index in [1.807, 2.05) is 0 Å². The van der Waals surface area contributed by atoms with Crippen molar-refractivity contribution in [3.05, 3.63) is 58.2 Å². The van der Waals surface area contributed by atoms with Gasteiger partial charge in [-0.15, -0.1) is 0 Å². The Kier molecular flexibility index (Phi) is 4.99. The van der Waals surface area contributed by atoms with Crippen molar-refractivity contribution < 1.29 is 18.4 Å². The number of hydrogen-bond acceptors (Lipinski definition) is 3. The van der Waals surface area contributed by atoms with Gasteiger partial charge >= 0.3 is 0 Å². The number of nitrogens with one attached hydrogen (secondary N) is 1. The lowest BCUT2D eigenvalue weighted by molar-refractivity contribution is 0.0693. The lowest BCUT2D eigenvalue weighted by Gasteiger charge is -2.32. The normalized spacial score (nSPS) is 15.3. The first kappa shape index (κ1) is 16.7. The summed E-state index contributed by atoms with van der Waals surface area (Å²) in [6.45, 7) is 0.959. The van der Waals surface area contributed by atoms with Gasteiger partial charge in [-0.1, -0.05) is 12.1 Å². The molecule has 0 spiro atoms. The molecule has 0 atom stereocenters. The van der Waals surface area contributed by atoms with Gasteiger partial charge in [-0.3, -0.25) is 9.59 Å². The standard InChI is InChI=1S/C17H16BrFN2O3/c18-15-9-11(10-24-15)16(22)20-12-5-7-21(8-6-12)17(23)13-3-1-2-4-14(13)19/h1-4,9-10,12H,5-8H2,(H,20,22). The summed E-state index contributed by atoms with van der Waals surface area (Å²) in [4.78, 5) is 26.1. The molecule has 2 aromatic rings. The van der Waals surface area contributed by atoms with Crippen molar-refractivity contribution in [1.82, 2.24) is 10.2 Å². The fraction of sp³-hybridized carbons (Fsp3) is 0.294. The zero-order valence-electron chi connectivity index (χ0n) is 12.8. The van der Waals surface area contributed by atoms with Crippen molar-refractivity contribution in [2.75, 3.05) is 13.1 Å². The van der Waals surface area contributed by atoms with E-state index in [1.165, 1.54) is 18.4 Å². The summed E-state index contributed by atoms with van der Waals surface area (Å²) in [5.74, 6) is -1.02. The topological polar surface area (TPSA) is 62.6 Å². The van der Waals surface area contributed by atoms with Crippen molar-refractivity contribution in [2.45, 2.75) is 18.9 Å². The fourth-order valence-corrected chi connectivity index (χ4v) is 3.07. The van der Waals surface area contributed by atoms with Crippen LogP contribution in [0, 0.1) is 5.82 Å². The Hall–Kier alpha value is -2.15. The van der Waals surface area contributed by atoms with E-state index in [4.69, 9.17) is 4.42 Å². The van der Waals surface area contributed by atoms with Gasteiger partial charge in [-0.05, 0) is 40.9 Å². The molecule has 2 amide bonds. The van der Waals surface area contributed by atoms with Crippen molar-refractivity contribution >= 4 is 27.7 Å². The maximum atomic E-state index is 13.7. The smallest absolute Gasteiger partial charge is 0.256 e. The predicted molar refractivity (Wildman–Crippen MR) is 89.2 cm³/mol. The molecule has 0 unspecified atom stereocenters. The first-order chi connectivity index (χ1) is 11.5. The molecule has 1 aromatic heterocycles. The number of piperidine rings is 1. The first-order valence-electron chi connectivity index (χ1n) is 7.63. The van der Waals surface area contributed by atoms with Crippen LogP contribution >= 0.6 is 15.9 Å². The van der Waals surface area contributed by atoms with Crippen LogP contribution in [0.25, 0.3) is 0 Å². The number of nitrogens with zero attached hydrogens (tertiary/aromatic N) is 1. The molecule has 24 heavy (non-hydrogen) atoms. The molecule has 3 rings (SSSR count). The summed E-state index contributed by atoms with van der Waals surface area (Å²) in [6.07, 6.45) is 2.65. The molecule has 7 heteroatoms. The fourth-order valence-electron chi connectivity index (χ4n) is 2.73.